The number of imidazole rings is 1. The highest BCUT2D eigenvalue weighted by Crippen LogP contribution is 2.08. The molecule has 21 heavy (non-hydrogen) atoms. The van der Waals surface area contributed by atoms with Crippen molar-refractivity contribution in [1.29, 1.82) is 0 Å². The number of nitrogens with two attached hydrogens (primary N) is 1. The Kier molecular flexibility index (Phi) is 4.80. The van der Waals surface area contributed by atoms with Gasteiger partial charge in [0.2, 0.25) is 5.91 Å². The smallest absolute Gasteiger partial charge is 0.326 e. The van der Waals surface area contributed by atoms with Gasteiger partial charge in [0.1, 0.15) is 0 Å². The first-order valence-electron chi connectivity index (χ1n) is 7.25. The maximum absolute atomic E-state index is 11.9. The zero-order valence-electron chi connectivity index (χ0n) is 12.4. The molecule has 6 heteroatoms. The van der Waals surface area contributed by atoms with E-state index in [4.69, 9.17) is 5.73 Å². The van der Waals surface area contributed by atoms with Crippen molar-refractivity contribution in [3.63, 3.8) is 0 Å². The van der Waals surface area contributed by atoms with Crippen LogP contribution in [0, 0.1) is 5.92 Å². The van der Waals surface area contributed by atoms with Gasteiger partial charge < -0.3 is 16.0 Å². The van der Waals surface area contributed by atoms with Crippen molar-refractivity contribution >= 4 is 16.9 Å². The topological polar surface area (TPSA) is 92.9 Å². The van der Waals surface area contributed by atoms with Crippen LogP contribution in [0.1, 0.15) is 20.3 Å². The molecule has 114 valence electrons. The molecule has 2 aromatic rings. The summed E-state index contributed by atoms with van der Waals surface area (Å²) in [7, 11) is 0. The van der Waals surface area contributed by atoms with Crippen molar-refractivity contribution in [3.8, 4) is 0 Å². The number of hydrogen-bond donors (Lipinski definition) is 3. The molecule has 2 rings (SSSR count). The predicted molar refractivity (Wildman–Crippen MR) is 83.0 cm³/mol. The molecule has 1 aromatic carbocycles. The summed E-state index contributed by atoms with van der Waals surface area (Å²) in [6.45, 7) is 4.75. The minimum absolute atomic E-state index is 0.140. The molecule has 1 amide bonds. The Bertz CT molecular complexity index is 674. The van der Waals surface area contributed by atoms with E-state index in [0.717, 1.165) is 17.5 Å². The van der Waals surface area contributed by atoms with E-state index < -0.39 is 6.04 Å². The van der Waals surface area contributed by atoms with Crippen LogP contribution in [-0.2, 0) is 11.3 Å². The predicted octanol–water partition coefficient (Wildman–Crippen LogP) is 0.819. The van der Waals surface area contributed by atoms with Gasteiger partial charge in [-0.1, -0.05) is 32.4 Å². The minimum Gasteiger partial charge on any atom is -0.353 e. The van der Waals surface area contributed by atoms with E-state index in [9.17, 15) is 9.59 Å². The highest BCUT2D eigenvalue weighted by Gasteiger charge is 2.18. The minimum atomic E-state index is -0.505. The lowest BCUT2D eigenvalue weighted by molar-refractivity contribution is -0.123. The highest BCUT2D eigenvalue weighted by atomic mass is 16.2. The summed E-state index contributed by atoms with van der Waals surface area (Å²) >= 11 is 0. The van der Waals surface area contributed by atoms with Gasteiger partial charge in [-0.15, -0.1) is 0 Å². The van der Waals surface area contributed by atoms with Gasteiger partial charge in [0.25, 0.3) is 0 Å². The molecule has 0 saturated carbocycles. The maximum Gasteiger partial charge on any atom is 0.326 e. The van der Waals surface area contributed by atoms with Gasteiger partial charge in [0.15, 0.2) is 0 Å². The Morgan fingerprint density at radius 3 is 2.86 bits per heavy atom. The molecule has 2 unspecified atom stereocenters. The normalized spacial score (nSPS) is 14.0. The number of aromatic amines is 1. The maximum atomic E-state index is 11.9. The van der Waals surface area contributed by atoms with Gasteiger partial charge in [-0.25, -0.2) is 4.79 Å². The number of fused-ring (bicyclic) bond motifs is 1. The number of H-pyrrole nitrogens is 1. The number of carbonyl (C=O) groups excluding carboxylic acids is 1. The van der Waals surface area contributed by atoms with Crippen LogP contribution < -0.4 is 16.7 Å². The number of amides is 1. The second kappa shape index (κ2) is 6.58. The lowest BCUT2D eigenvalue weighted by Crippen LogP contribution is -2.45. The number of carbonyl (C=O) groups is 1. The van der Waals surface area contributed by atoms with Crippen LogP contribution >= 0.6 is 0 Å². The summed E-state index contributed by atoms with van der Waals surface area (Å²) in [5.74, 6) is -0.0296. The van der Waals surface area contributed by atoms with E-state index in [1.54, 1.807) is 4.57 Å². The lowest BCUT2D eigenvalue weighted by Gasteiger charge is -2.17. The van der Waals surface area contributed by atoms with Gasteiger partial charge in [-0.2, -0.15) is 0 Å². The first kappa shape index (κ1) is 15.3. The average molecular weight is 290 g/mol. The average Bonchev–Trinajstić information content (AvgIpc) is 2.81. The standard InChI is InChI=1S/C15H22N4O2/c1-3-10(2)13(16)14(20)17-8-9-19-12-7-5-4-6-11(12)18-15(19)21/h4-7,10,13H,3,8-9,16H2,1-2H3,(H,17,20)(H,18,21). The Balaban J connectivity index is 1.98. The molecular weight excluding hydrogens is 268 g/mol. The number of para-hydroxylation sites is 2. The van der Waals surface area contributed by atoms with E-state index in [1.807, 2.05) is 38.1 Å². The van der Waals surface area contributed by atoms with Crippen molar-refractivity contribution in [1.82, 2.24) is 14.9 Å². The van der Waals surface area contributed by atoms with Gasteiger partial charge in [-0.3, -0.25) is 9.36 Å². The Hall–Kier alpha value is -2.08. The van der Waals surface area contributed by atoms with Crippen molar-refractivity contribution < 1.29 is 4.79 Å². The molecule has 0 aliphatic carbocycles. The number of nitrogens with one attached hydrogen (secondary N) is 2. The third-order valence-corrected chi connectivity index (χ3v) is 3.88. The first-order chi connectivity index (χ1) is 10.0. The van der Waals surface area contributed by atoms with Gasteiger partial charge in [0, 0.05) is 13.1 Å². The second-order valence-electron chi connectivity index (χ2n) is 5.30. The number of rotatable bonds is 6. The fourth-order valence-corrected chi connectivity index (χ4v) is 2.25. The van der Waals surface area contributed by atoms with Crippen molar-refractivity contribution in [3.05, 3.63) is 34.7 Å². The molecule has 4 N–H and O–H groups in total. The lowest BCUT2D eigenvalue weighted by atomic mass is 9.99. The van der Waals surface area contributed by atoms with Crippen molar-refractivity contribution in [2.45, 2.75) is 32.9 Å². The van der Waals surface area contributed by atoms with Crippen LogP contribution in [0.3, 0.4) is 0 Å². The molecule has 0 aliphatic heterocycles. The van der Waals surface area contributed by atoms with E-state index >= 15 is 0 Å². The number of nitrogens with zero attached hydrogens (tertiary/aromatic N) is 1. The molecule has 0 radical (unpaired) electrons. The third kappa shape index (κ3) is 3.33. The first-order valence-corrected chi connectivity index (χ1v) is 7.25. The zero-order valence-corrected chi connectivity index (χ0v) is 12.4. The van der Waals surface area contributed by atoms with Crippen LogP contribution in [0.15, 0.2) is 29.1 Å². The molecule has 0 bridgehead atoms. The fourth-order valence-electron chi connectivity index (χ4n) is 2.25. The van der Waals surface area contributed by atoms with Gasteiger partial charge in [0.05, 0.1) is 17.1 Å². The van der Waals surface area contributed by atoms with E-state index in [2.05, 4.69) is 10.3 Å². The monoisotopic (exact) mass is 290 g/mol. The van der Waals surface area contributed by atoms with Crippen LogP contribution in [0.25, 0.3) is 11.0 Å². The van der Waals surface area contributed by atoms with Crippen LogP contribution in [0.5, 0.6) is 0 Å². The third-order valence-electron chi connectivity index (χ3n) is 3.88. The van der Waals surface area contributed by atoms with Crippen molar-refractivity contribution in [2.24, 2.45) is 11.7 Å². The van der Waals surface area contributed by atoms with Crippen LogP contribution in [0.2, 0.25) is 0 Å². The molecule has 6 nitrogen and oxygen atoms in total. The summed E-state index contributed by atoms with van der Waals surface area (Å²) in [6.07, 6.45) is 0.858. The second-order valence-corrected chi connectivity index (χ2v) is 5.30. The Morgan fingerprint density at radius 1 is 1.43 bits per heavy atom. The zero-order chi connectivity index (χ0) is 15.4. The van der Waals surface area contributed by atoms with Crippen LogP contribution in [-0.4, -0.2) is 28.0 Å². The fraction of sp³-hybridized carbons (Fsp3) is 0.467. The summed E-state index contributed by atoms with van der Waals surface area (Å²) in [5, 5.41) is 2.79. The quantitative estimate of drug-likeness (QED) is 0.735. The molecule has 0 saturated heterocycles. The van der Waals surface area contributed by atoms with Crippen LogP contribution in [0.4, 0.5) is 0 Å². The van der Waals surface area contributed by atoms with E-state index in [1.165, 1.54) is 0 Å². The molecule has 0 fully saturated rings. The molecule has 0 spiro atoms. The molecular formula is C15H22N4O2. The SMILES string of the molecule is CCC(C)C(N)C(=O)NCCn1c(=O)[nH]c2ccccc21. The van der Waals surface area contributed by atoms with E-state index in [0.29, 0.717) is 13.1 Å². The molecule has 2 atom stereocenters. The number of benzene rings is 1. The highest BCUT2D eigenvalue weighted by molar-refractivity contribution is 5.81. The van der Waals surface area contributed by atoms with E-state index in [-0.39, 0.29) is 17.5 Å². The summed E-state index contributed by atoms with van der Waals surface area (Å²) < 4.78 is 1.62. The summed E-state index contributed by atoms with van der Waals surface area (Å²) in [5.41, 5.74) is 7.33. The summed E-state index contributed by atoms with van der Waals surface area (Å²) in [4.78, 5) is 26.5. The van der Waals surface area contributed by atoms with Crippen molar-refractivity contribution in [2.75, 3.05) is 6.54 Å². The Morgan fingerprint density at radius 2 is 2.14 bits per heavy atom. The van der Waals surface area contributed by atoms with Gasteiger partial charge >= 0.3 is 5.69 Å². The summed E-state index contributed by atoms with van der Waals surface area (Å²) in [6, 6.07) is 6.97. The number of hydrogen-bond acceptors (Lipinski definition) is 3. The molecule has 1 aromatic heterocycles. The Labute approximate surface area is 123 Å². The van der Waals surface area contributed by atoms with Gasteiger partial charge in [-0.05, 0) is 18.1 Å². The molecule has 1 heterocycles. The molecule has 0 aliphatic rings. The largest absolute Gasteiger partial charge is 0.353 e. The number of aromatic nitrogens is 2.